The van der Waals surface area contributed by atoms with Gasteiger partial charge in [0.2, 0.25) is 5.91 Å². The number of nitrogens with zero attached hydrogens (tertiary/aromatic N) is 1. The summed E-state index contributed by atoms with van der Waals surface area (Å²) in [6.45, 7) is 5.52. The van der Waals surface area contributed by atoms with Crippen molar-refractivity contribution in [3.63, 3.8) is 0 Å². The summed E-state index contributed by atoms with van der Waals surface area (Å²) < 4.78 is 5.61. The fraction of sp³-hybridized carbons (Fsp3) is 0.211. The van der Waals surface area contributed by atoms with Crippen molar-refractivity contribution in [1.29, 1.82) is 0 Å². The molecule has 0 bridgehead atoms. The maximum Gasteiger partial charge on any atom is 0.272 e. The molecule has 1 amide bonds. The molecule has 0 aromatic heterocycles. The summed E-state index contributed by atoms with van der Waals surface area (Å²) >= 11 is 0. The standard InChI is InChI=1S/C19H20N2O4/c1-13(2)25-17-6-4-5-15(12-17)7-10-19(22)20-16-8-9-18(21(23)24)14(3)11-16/h4-13H,1-3H3,(H,20,22)/b10-7+. The highest BCUT2D eigenvalue weighted by molar-refractivity contribution is 6.02. The molecule has 2 aromatic carbocycles. The number of carbonyl (C=O) groups is 1. The molecule has 0 spiro atoms. The Hall–Kier alpha value is -3.15. The van der Waals surface area contributed by atoms with Crippen LogP contribution in [0.15, 0.2) is 48.5 Å². The monoisotopic (exact) mass is 340 g/mol. The van der Waals surface area contributed by atoms with Gasteiger partial charge in [0.15, 0.2) is 0 Å². The largest absolute Gasteiger partial charge is 0.491 e. The summed E-state index contributed by atoms with van der Waals surface area (Å²) in [4.78, 5) is 22.4. The highest BCUT2D eigenvalue weighted by Gasteiger charge is 2.10. The van der Waals surface area contributed by atoms with Gasteiger partial charge in [0.25, 0.3) is 5.69 Å². The molecule has 1 N–H and O–H groups in total. The van der Waals surface area contributed by atoms with Crippen molar-refractivity contribution in [2.45, 2.75) is 26.9 Å². The number of nitro groups is 1. The van der Waals surface area contributed by atoms with E-state index in [-0.39, 0.29) is 17.7 Å². The van der Waals surface area contributed by atoms with Crippen molar-refractivity contribution in [3.8, 4) is 5.75 Å². The normalized spacial score (nSPS) is 10.9. The van der Waals surface area contributed by atoms with Crippen molar-refractivity contribution in [3.05, 3.63) is 69.8 Å². The van der Waals surface area contributed by atoms with Crippen molar-refractivity contribution < 1.29 is 14.5 Å². The van der Waals surface area contributed by atoms with E-state index in [1.54, 1.807) is 19.1 Å². The Morgan fingerprint density at radius 2 is 2.00 bits per heavy atom. The molecule has 0 aliphatic carbocycles. The van der Waals surface area contributed by atoms with Crippen LogP contribution in [-0.4, -0.2) is 16.9 Å². The number of benzene rings is 2. The number of rotatable bonds is 6. The molecule has 0 unspecified atom stereocenters. The second-order valence-corrected chi connectivity index (χ2v) is 5.82. The molecule has 0 atom stereocenters. The van der Waals surface area contributed by atoms with E-state index >= 15 is 0 Å². The summed E-state index contributed by atoms with van der Waals surface area (Å²) in [6.07, 6.45) is 3.17. The minimum atomic E-state index is -0.451. The molecule has 0 fully saturated rings. The zero-order valence-corrected chi connectivity index (χ0v) is 14.4. The second-order valence-electron chi connectivity index (χ2n) is 5.82. The second kappa shape index (κ2) is 8.10. The van der Waals surface area contributed by atoms with E-state index in [1.165, 1.54) is 18.2 Å². The van der Waals surface area contributed by atoms with Gasteiger partial charge in [-0.2, -0.15) is 0 Å². The predicted octanol–water partition coefficient (Wildman–Crippen LogP) is 4.34. The third-order valence-corrected chi connectivity index (χ3v) is 3.32. The molecular formula is C19H20N2O4. The van der Waals surface area contributed by atoms with Crippen molar-refractivity contribution >= 4 is 23.4 Å². The average molecular weight is 340 g/mol. The number of nitro benzene ring substituents is 1. The first-order valence-corrected chi connectivity index (χ1v) is 7.86. The van der Waals surface area contributed by atoms with Crippen LogP contribution in [0.3, 0.4) is 0 Å². The number of nitrogens with one attached hydrogen (secondary N) is 1. The van der Waals surface area contributed by atoms with Gasteiger partial charge in [0, 0.05) is 23.4 Å². The first-order chi connectivity index (χ1) is 11.8. The number of hydrogen-bond donors (Lipinski definition) is 1. The van der Waals surface area contributed by atoms with Gasteiger partial charge >= 0.3 is 0 Å². The third-order valence-electron chi connectivity index (χ3n) is 3.32. The van der Waals surface area contributed by atoms with Crippen LogP contribution in [0, 0.1) is 17.0 Å². The maximum atomic E-state index is 12.0. The molecule has 0 aliphatic heterocycles. The van der Waals surface area contributed by atoms with Crippen LogP contribution in [0.5, 0.6) is 5.75 Å². The highest BCUT2D eigenvalue weighted by Crippen LogP contribution is 2.21. The van der Waals surface area contributed by atoms with Crippen LogP contribution in [-0.2, 0) is 4.79 Å². The molecule has 2 rings (SSSR count). The number of anilines is 1. The van der Waals surface area contributed by atoms with Crippen LogP contribution in [0.4, 0.5) is 11.4 Å². The molecule has 130 valence electrons. The summed E-state index contributed by atoms with van der Waals surface area (Å²) in [5.74, 6) is 0.423. The summed E-state index contributed by atoms with van der Waals surface area (Å²) in [7, 11) is 0. The SMILES string of the molecule is Cc1cc(NC(=O)/C=C/c2cccc(OC(C)C)c2)ccc1[N+](=O)[O-]. The van der Waals surface area contributed by atoms with Crippen LogP contribution >= 0.6 is 0 Å². The Morgan fingerprint density at radius 1 is 1.24 bits per heavy atom. The van der Waals surface area contributed by atoms with E-state index in [1.807, 2.05) is 38.1 Å². The van der Waals surface area contributed by atoms with Crippen LogP contribution < -0.4 is 10.1 Å². The van der Waals surface area contributed by atoms with Crippen LogP contribution in [0.1, 0.15) is 25.0 Å². The summed E-state index contributed by atoms with van der Waals surface area (Å²) in [5, 5.41) is 13.5. The predicted molar refractivity (Wildman–Crippen MR) is 97.7 cm³/mol. The fourth-order valence-electron chi connectivity index (χ4n) is 2.26. The lowest BCUT2D eigenvalue weighted by atomic mass is 10.1. The number of hydrogen-bond acceptors (Lipinski definition) is 4. The number of carbonyl (C=O) groups excluding carboxylic acids is 1. The number of ether oxygens (including phenoxy) is 1. The summed E-state index contributed by atoms with van der Waals surface area (Å²) in [6, 6.07) is 11.9. The van der Waals surface area contributed by atoms with Crippen molar-refractivity contribution in [2.75, 3.05) is 5.32 Å². The van der Waals surface area contributed by atoms with Gasteiger partial charge in [-0.3, -0.25) is 14.9 Å². The van der Waals surface area contributed by atoms with E-state index in [9.17, 15) is 14.9 Å². The first kappa shape index (κ1) is 18.2. The van der Waals surface area contributed by atoms with E-state index < -0.39 is 4.92 Å². The molecule has 0 heterocycles. The van der Waals surface area contributed by atoms with Gasteiger partial charge in [0.1, 0.15) is 5.75 Å². The van der Waals surface area contributed by atoms with Crippen molar-refractivity contribution in [2.24, 2.45) is 0 Å². The van der Waals surface area contributed by atoms with E-state index in [2.05, 4.69) is 5.32 Å². The zero-order chi connectivity index (χ0) is 18.4. The van der Waals surface area contributed by atoms with Crippen molar-refractivity contribution in [1.82, 2.24) is 0 Å². The lowest BCUT2D eigenvalue weighted by molar-refractivity contribution is -0.385. The number of amides is 1. The maximum absolute atomic E-state index is 12.0. The topological polar surface area (TPSA) is 81.5 Å². The van der Waals surface area contributed by atoms with E-state index in [0.717, 1.165) is 11.3 Å². The van der Waals surface area contributed by atoms with E-state index in [4.69, 9.17) is 4.74 Å². The summed E-state index contributed by atoms with van der Waals surface area (Å²) in [5.41, 5.74) is 1.86. The Balaban J connectivity index is 2.03. The van der Waals surface area contributed by atoms with Gasteiger partial charge in [-0.15, -0.1) is 0 Å². The van der Waals surface area contributed by atoms with Gasteiger partial charge in [0.05, 0.1) is 11.0 Å². The van der Waals surface area contributed by atoms with Gasteiger partial charge in [-0.1, -0.05) is 12.1 Å². The quantitative estimate of drug-likeness (QED) is 0.482. The van der Waals surface area contributed by atoms with E-state index in [0.29, 0.717) is 11.3 Å². The Kier molecular flexibility index (Phi) is 5.89. The molecule has 0 saturated heterocycles. The zero-order valence-electron chi connectivity index (χ0n) is 14.4. The Morgan fingerprint density at radius 3 is 2.64 bits per heavy atom. The highest BCUT2D eigenvalue weighted by atomic mass is 16.6. The molecule has 25 heavy (non-hydrogen) atoms. The molecule has 0 radical (unpaired) electrons. The molecule has 6 heteroatoms. The molecule has 6 nitrogen and oxygen atoms in total. The van der Waals surface area contributed by atoms with Gasteiger partial charge < -0.3 is 10.1 Å². The third kappa shape index (κ3) is 5.46. The average Bonchev–Trinajstić information content (AvgIpc) is 2.52. The molecular weight excluding hydrogens is 320 g/mol. The minimum absolute atomic E-state index is 0.0236. The molecule has 2 aromatic rings. The first-order valence-electron chi connectivity index (χ1n) is 7.86. The fourth-order valence-corrected chi connectivity index (χ4v) is 2.26. The Labute approximate surface area is 146 Å². The lowest BCUT2D eigenvalue weighted by Gasteiger charge is -2.09. The van der Waals surface area contributed by atoms with Gasteiger partial charge in [-0.05, 0) is 56.7 Å². The minimum Gasteiger partial charge on any atom is -0.491 e. The smallest absolute Gasteiger partial charge is 0.272 e. The molecule has 0 aliphatic rings. The Bertz CT molecular complexity index is 813. The van der Waals surface area contributed by atoms with Crippen LogP contribution in [0.2, 0.25) is 0 Å². The van der Waals surface area contributed by atoms with Crippen LogP contribution in [0.25, 0.3) is 6.08 Å². The number of aryl methyl sites for hydroxylation is 1. The lowest BCUT2D eigenvalue weighted by Crippen LogP contribution is -2.08. The molecule has 0 saturated carbocycles. The van der Waals surface area contributed by atoms with Gasteiger partial charge in [-0.25, -0.2) is 0 Å².